The molecule has 12 N–H and O–H groups in total. The third-order valence-electron chi connectivity index (χ3n) is 18.8. The van der Waals surface area contributed by atoms with E-state index in [-0.39, 0.29) is 23.7 Å². The van der Waals surface area contributed by atoms with Crippen molar-refractivity contribution in [3.8, 4) is 45.6 Å². The van der Waals surface area contributed by atoms with Crippen molar-refractivity contribution in [2.75, 3.05) is 19.8 Å². The molecule has 2 unspecified atom stereocenters. The minimum absolute atomic E-state index is 0.0400. The molecule has 7 aliphatic rings. The molecule has 2 aromatic carbocycles. The van der Waals surface area contributed by atoms with Crippen LogP contribution >= 0.6 is 0 Å². The van der Waals surface area contributed by atoms with E-state index in [1.54, 1.807) is 0 Å². The van der Waals surface area contributed by atoms with E-state index in [2.05, 4.69) is 33.8 Å². The largest absolute Gasteiger partial charge is 0.504 e. The quantitative estimate of drug-likeness (QED) is 0.0904. The first-order chi connectivity index (χ1) is 32.3. The van der Waals surface area contributed by atoms with Crippen LogP contribution in [0, 0.1) is 50.2 Å². The molecule has 2 aromatic rings. The summed E-state index contributed by atoms with van der Waals surface area (Å²) < 4.78 is 23.6. The van der Waals surface area contributed by atoms with Gasteiger partial charge in [0, 0.05) is 11.1 Å². The molecular weight excluding hydrogens is 905 g/mol. The molecule has 69 heavy (non-hydrogen) atoms. The van der Waals surface area contributed by atoms with Crippen molar-refractivity contribution in [3.63, 3.8) is 0 Å². The van der Waals surface area contributed by atoms with E-state index in [9.17, 15) is 75.7 Å². The predicted molar refractivity (Wildman–Crippen MR) is 237 cm³/mol. The molecule has 4 saturated carbocycles. The maximum Gasteiger partial charge on any atom is 0.339 e. The number of fused-ring (bicyclic) bond motifs is 12. The fourth-order valence-electron chi connectivity index (χ4n) is 14.9. The molecule has 0 spiro atoms. The van der Waals surface area contributed by atoms with Crippen LogP contribution in [-0.2, 0) is 23.7 Å². The van der Waals surface area contributed by atoms with Crippen LogP contribution in [0.1, 0.15) is 113 Å². The number of phenolic OH excluding ortho intramolecular Hbond substituents is 6. The lowest BCUT2D eigenvalue weighted by molar-refractivity contribution is -0.297. The fourth-order valence-corrected chi connectivity index (χ4v) is 14.9. The number of cyclic esters (lactones) is 1. The monoisotopic (exact) mass is 968 g/mol. The van der Waals surface area contributed by atoms with Gasteiger partial charge < -0.3 is 80.2 Å². The molecule has 0 amide bonds. The Bertz CT molecular complexity index is 2500. The van der Waals surface area contributed by atoms with Gasteiger partial charge in [0.1, 0.15) is 37.1 Å². The SMILES string of the molecule is CC1(C)CC[C@]2(C(=O)O[C@@H]3O[C@H](CO)[C@@H](O)[C@H](O)[C@H]3O)CC[C@]3(C)C(=CC[C@@H]4[C@@]5(C)C[C@@H](O)[C@@H]6OC(=O)c7cc(O)c(O)c(O)c7-c7c(cc(O)c(O)c7O)C(=O)OC[C@@]6(CO)C5CC[C@]43C)C2C1. The molecule has 0 aromatic heterocycles. The number of hydrogen-bond donors (Lipinski definition) is 12. The van der Waals surface area contributed by atoms with Crippen LogP contribution in [0.15, 0.2) is 23.8 Å². The van der Waals surface area contributed by atoms with Crippen molar-refractivity contribution in [2.24, 2.45) is 50.2 Å². The van der Waals surface area contributed by atoms with E-state index in [4.69, 9.17) is 18.9 Å². The van der Waals surface area contributed by atoms with Gasteiger partial charge in [-0.25, -0.2) is 9.59 Å². The zero-order valence-corrected chi connectivity index (χ0v) is 39.2. The topological polar surface area (TPSA) is 331 Å². The van der Waals surface area contributed by atoms with Gasteiger partial charge >= 0.3 is 17.9 Å². The number of aliphatic hydroxyl groups excluding tert-OH is 6. The minimum Gasteiger partial charge on any atom is -0.504 e. The van der Waals surface area contributed by atoms with Crippen LogP contribution in [0.4, 0.5) is 0 Å². The van der Waals surface area contributed by atoms with Crippen LogP contribution in [0.2, 0.25) is 0 Å². The zero-order valence-electron chi connectivity index (χ0n) is 39.2. The maximum atomic E-state index is 14.7. The number of rotatable bonds is 4. The second-order valence-electron chi connectivity index (χ2n) is 22.6. The Morgan fingerprint density at radius 2 is 1.35 bits per heavy atom. The summed E-state index contributed by atoms with van der Waals surface area (Å²) in [5.41, 5.74) is -6.69. The smallest absolute Gasteiger partial charge is 0.339 e. The lowest BCUT2D eigenvalue weighted by Gasteiger charge is -2.71. The molecule has 378 valence electrons. The lowest BCUT2D eigenvalue weighted by Crippen LogP contribution is -2.70. The lowest BCUT2D eigenvalue weighted by atomic mass is 9.33. The molecule has 19 heteroatoms. The van der Waals surface area contributed by atoms with Gasteiger partial charge in [-0.05, 0) is 109 Å². The number of benzene rings is 2. The van der Waals surface area contributed by atoms with Crippen LogP contribution in [-0.4, -0.2) is 142 Å². The van der Waals surface area contributed by atoms with Crippen molar-refractivity contribution >= 4 is 17.9 Å². The number of aromatic hydroxyl groups is 6. The number of carbonyl (C=O) groups excluding carboxylic acids is 3. The van der Waals surface area contributed by atoms with Crippen molar-refractivity contribution < 1.29 is 94.6 Å². The summed E-state index contributed by atoms with van der Waals surface area (Å²) in [7, 11) is 0. The highest BCUT2D eigenvalue weighted by atomic mass is 16.7. The Hall–Kier alpha value is -4.89. The summed E-state index contributed by atoms with van der Waals surface area (Å²) in [5.74, 6) is -11.0. The van der Waals surface area contributed by atoms with Gasteiger partial charge in [0.2, 0.25) is 17.8 Å². The Morgan fingerprint density at radius 1 is 0.739 bits per heavy atom. The molecule has 2 heterocycles. The summed E-state index contributed by atoms with van der Waals surface area (Å²) in [6, 6.07) is 1.44. The molecule has 1 saturated heterocycles. The van der Waals surface area contributed by atoms with Gasteiger partial charge in [0.15, 0.2) is 23.0 Å². The van der Waals surface area contributed by atoms with Crippen molar-refractivity contribution in [3.05, 3.63) is 34.9 Å². The first-order valence-electron chi connectivity index (χ1n) is 23.7. The van der Waals surface area contributed by atoms with E-state index in [1.165, 1.54) is 0 Å². The summed E-state index contributed by atoms with van der Waals surface area (Å²) in [4.78, 5) is 43.5. The summed E-state index contributed by atoms with van der Waals surface area (Å²) >= 11 is 0. The normalized spacial score (nSPS) is 41.3. The molecule has 5 fully saturated rings. The van der Waals surface area contributed by atoms with Gasteiger partial charge in [-0.3, -0.25) is 4.79 Å². The number of carbonyl (C=O) groups is 3. The first-order valence-corrected chi connectivity index (χ1v) is 23.7. The first kappa shape index (κ1) is 49.1. The molecule has 19 nitrogen and oxygen atoms in total. The molecule has 0 bridgehead atoms. The number of allylic oxidation sites excluding steroid dienone is 2. The molecule has 15 atom stereocenters. The highest BCUT2D eigenvalue weighted by Gasteiger charge is 2.72. The number of esters is 3. The average Bonchev–Trinajstić information content (AvgIpc) is 3.31. The highest BCUT2D eigenvalue weighted by molar-refractivity contribution is 6.08. The van der Waals surface area contributed by atoms with Gasteiger partial charge in [0.25, 0.3) is 0 Å². The molecular formula is C50H64O19. The maximum absolute atomic E-state index is 14.7. The van der Waals surface area contributed by atoms with E-state index < -0.39 is 170 Å². The highest BCUT2D eigenvalue weighted by Crippen LogP contribution is 2.76. The average molecular weight is 969 g/mol. The Labute approximate surface area is 397 Å². The van der Waals surface area contributed by atoms with Crippen LogP contribution in [0.3, 0.4) is 0 Å². The van der Waals surface area contributed by atoms with Gasteiger partial charge in [0.05, 0.1) is 41.3 Å². The minimum atomic E-state index is -1.77. The third-order valence-corrected chi connectivity index (χ3v) is 18.8. The number of phenols is 6. The van der Waals surface area contributed by atoms with Crippen LogP contribution in [0.25, 0.3) is 11.1 Å². The van der Waals surface area contributed by atoms with E-state index >= 15 is 0 Å². The summed E-state index contributed by atoms with van der Waals surface area (Å²) in [5, 5.41) is 130. The number of aliphatic hydroxyl groups is 6. The van der Waals surface area contributed by atoms with Crippen molar-refractivity contribution in [1.82, 2.24) is 0 Å². The Balaban J connectivity index is 1.10. The zero-order chi connectivity index (χ0) is 50.3. The third kappa shape index (κ3) is 6.80. The van der Waals surface area contributed by atoms with Gasteiger partial charge in [-0.2, -0.15) is 0 Å². The standard InChI is InChI=1S/C50H64O19/c1-45(2)10-12-49(44(65)69-43-39(62)38(61)35(58)28(18-51)67-43)13-11-47(4)23(24(49)16-45)6-7-29-46(3)17-27(55)40-50(19-52,30(46)8-9-48(29,47)5)20-66-41(63)21-14-25(53)33(56)36(59)31(21)32-22(42(64)68-40)15-26(54)34(57)37(32)60/h6,14-15,24,27-30,35,38-40,43,51-62H,7-13,16-20H2,1-5H3/t24?,27-,28-,29-,30?,35-,38+,39-,40+,43+,46-,47-,48-,49+,50+/m1/s1. The van der Waals surface area contributed by atoms with Crippen molar-refractivity contribution in [2.45, 2.75) is 135 Å². The molecule has 5 aliphatic carbocycles. The second-order valence-corrected chi connectivity index (χ2v) is 22.6. The number of ether oxygens (including phenoxy) is 4. The van der Waals surface area contributed by atoms with E-state index in [1.807, 2.05) is 6.92 Å². The van der Waals surface area contributed by atoms with E-state index in [0.717, 1.165) is 11.6 Å². The Morgan fingerprint density at radius 3 is 1.96 bits per heavy atom. The molecule has 0 radical (unpaired) electrons. The predicted octanol–water partition coefficient (Wildman–Crippen LogP) is 3.35. The fraction of sp³-hybridized carbons (Fsp3) is 0.660. The Kier molecular flexibility index (Phi) is 11.6. The van der Waals surface area contributed by atoms with Gasteiger partial charge in [-0.1, -0.05) is 46.3 Å². The van der Waals surface area contributed by atoms with E-state index in [0.29, 0.717) is 57.4 Å². The summed E-state index contributed by atoms with van der Waals surface area (Å²) in [6.45, 7) is 8.65. The van der Waals surface area contributed by atoms with Crippen molar-refractivity contribution in [1.29, 1.82) is 0 Å². The van der Waals surface area contributed by atoms with Gasteiger partial charge in [-0.15, -0.1) is 0 Å². The molecule has 9 rings (SSSR count). The second kappa shape index (κ2) is 16.3. The van der Waals surface area contributed by atoms with Crippen LogP contribution < -0.4 is 0 Å². The number of hydrogen-bond acceptors (Lipinski definition) is 19. The van der Waals surface area contributed by atoms with Crippen LogP contribution in [0.5, 0.6) is 34.5 Å². The summed E-state index contributed by atoms with van der Waals surface area (Å²) in [6.07, 6.45) is -4.82. The molecule has 2 aliphatic heterocycles.